The van der Waals surface area contributed by atoms with Crippen LogP contribution in [-0.2, 0) is 0 Å². The van der Waals surface area contributed by atoms with Crippen LogP contribution in [-0.4, -0.2) is 18.3 Å². The number of benzene rings is 1. The summed E-state index contributed by atoms with van der Waals surface area (Å²) in [5, 5.41) is 2.94. The molecule has 1 N–H and O–H groups in total. The molecular formula is C12H12Br2ClNO. The molecule has 17 heavy (non-hydrogen) atoms. The number of nitrogens with one attached hydrogen (secondary N) is 1. The first kappa shape index (κ1) is 13.4. The first-order valence-electron chi connectivity index (χ1n) is 5.35. The Morgan fingerprint density at radius 1 is 1.29 bits per heavy atom. The minimum absolute atomic E-state index is 0.0524. The van der Waals surface area contributed by atoms with E-state index < -0.39 is 0 Å². The van der Waals surface area contributed by atoms with Gasteiger partial charge in [-0.25, -0.2) is 0 Å². The van der Waals surface area contributed by atoms with Gasteiger partial charge in [0.2, 0.25) is 0 Å². The van der Waals surface area contributed by atoms with E-state index in [1.165, 1.54) is 0 Å². The largest absolute Gasteiger partial charge is 0.351 e. The van der Waals surface area contributed by atoms with Crippen molar-refractivity contribution >= 4 is 49.4 Å². The Labute approximate surface area is 122 Å². The van der Waals surface area contributed by atoms with Crippen molar-refractivity contribution in [3.63, 3.8) is 0 Å². The van der Waals surface area contributed by atoms with Gasteiger partial charge in [0.05, 0.1) is 0 Å². The molecule has 0 radical (unpaired) electrons. The Morgan fingerprint density at radius 2 is 1.88 bits per heavy atom. The fraction of sp³-hybridized carbons (Fsp3) is 0.417. The molecule has 92 valence electrons. The van der Waals surface area contributed by atoms with Crippen LogP contribution in [0, 0.1) is 5.41 Å². The molecule has 5 heteroatoms. The van der Waals surface area contributed by atoms with Crippen LogP contribution in [0.5, 0.6) is 0 Å². The molecule has 1 aromatic carbocycles. The molecule has 1 aliphatic carbocycles. The van der Waals surface area contributed by atoms with Gasteiger partial charge in [0.1, 0.15) is 0 Å². The third kappa shape index (κ3) is 3.46. The second-order valence-corrected chi connectivity index (χ2v) is 6.57. The van der Waals surface area contributed by atoms with Crippen molar-refractivity contribution in [2.24, 2.45) is 5.41 Å². The Morgan fingerprint density at radius 3 is 2.35 bits per heavy atom. The maximum Gasteiger partial charge on any atom is 0.251 e. The van der Waals surface area contributed by atoms with Crippen molar-refractivity contribution in [3.8, 4) is 0 Å². The number of carbonyl (C=O) groups is 1. The molecule has 0 atom stereocenters. The number of halogens is 3. The van der Waals surface area contributed by atoms with Crippen molar-refractivity contribution in [1.82, 2.24) is 5.32 Å². The highest BCUT2D eigenvalue weighted by atomic mass is 79.9. The molecule has 0 saturated heterocycles. The van der Waals surface area contributed by atoms with Crippen LogP contribution in [0.2, 0.25) is 0 Å². The first-order chi connectivity index (χ1) is 8.04. The normalized spacial score (nSPS) is 16.6. The SMILES string of the molecule is O=C(NCC1(CCl)CC1)c1cc(Br)cc(Br)c1. The van der Waals surface area contributed by atoms with Crippen LogP contribution in [0.4, 0.5) is 0 Å². The summed E-state index contributed by atoms with van der Waals surface area (Å²) in [6, 6.07) is 5.51. The minimum atomic E-state index is -0.0524. The van der Waals surface area contributed by atoms with Crippen molar-refractivity contribution < 1.29 is 4.79 Å². The predicted molar refractivity (Wildman–Crippen MR) is 76.6 cm³/mol. The number of rotatable bonds is 4. The van der Waals surface area contributed by atoms with E-state index in [1.807, 2.05) is 6.07 Å². The molecule has 2 nitrogen and oxygen atoms in total. The summed E-state index contributed by atoms with van der Waals surface area (Å²) >= 11 is 12.6. The highest BCUT2D eigenvalue weighted by Crippen LogP contribution is 2.45. The van der Waals surface area contributed by atoms with Crippen LogP contribution in [0.3, 0.4) is 0 Å². The second-order valence-electron chi connectivity index (χ2n) is 4.47. The molecule has 0 aliphatic heterocycles. The lowest BCUT2D eigenvalue weighted by Gasteiger charge is -2.12. The summed E-state index contributed by atoms with van der Waals surface area (Å²) in [7, 11) is 0. The quantitative estimate of drug-likeness (QED) is 0.786. The molecule has 0 heterocycles. The summed E-state index contributed by atoms with van der Waals surface area (Å²) in [5.74, 6) is 0.568. The molecule has 0 spiro atoms. The summed E-state index contributed by atoms with van der Waals surface area (Å²) in [5.41, 5.74) is 0.803. The molecule has 1 aliphatic rings. The first-order valence-corrected chi connectivity index (χ1v) is 7.47. The fourth-order valence-corrected chi connectivity index (χ4v) is 3.24. The zero-order chi connectivity index (χ0) is 12.5. The van der Waals surface area contributed by atoms with Crippen LogP contribution < -0.4 is 5.32 Å². The molecule has 2 rings (SSSR count). The Hall–Kier alpha value is -0.0600. The van der Waals surface area contributed by atoms with Gasteiger partial charge >= 0.3 is 0 Å². The van der Waals surface area contributed by atoms with Crippen LogP contribution in [0.1, 0.15) is 23.2 Å². The van der Waals surface area contributed by atoms with Gasteiger partial charge in [-0.1, -0.05) is 31.9 Å². The third-order valence-electron chi connectivity index (χ3n) is 2.99. The lowest BCUT2D eigenvalue weighted by molar-refractivity contribution is 0.0946. The number of alkyl halides is 1. The van der Waals surface area contributed by atoms with Crippen molar-refractivity contribution in [1.29, 1.82) is 0 Å². The van der Waals surface area contributed by atoms with Crippen LogP contribution in [0.25, 0.3) is 0 Å². The maximum atomic E-state index is 11.9. The van der Waals surface area contributed by atoms with Crippen LogP contribution in [0.15, 0.2) is 27.1 Å². The van der Waals surface area contributed by atoms with E-state index in [-0.39, 0.29) is 11.3 Å². The zero-order valence-corrected chi connectivity index (χ0v) is 13.0. The van der Waals surface area contributed by atoms with E-state index in [0.29, 0.717) is 18.0 Å². The number of hydrogen-bond acceptors (Lipinski definition) is 1. The highest BCUT2D eigenvalue weighted by Gasteiger charge is 2.41. The molecule has 1 saturated carbocycles. The third-order valence-corrected chi connectivity index (χ3v) is 4.47. The van der Waals surface area contributed by atoms with E-state index in [2.05, 4.69) is 37.2 Å². The van der Waals surface area contributed by atoms with E-state index in [4.69, 9.17) is 11.6 Å². The Kier molecular flexibility index (Phi) is 4.16. The van der Waals surface area contributed by atoms with Gasteiger partial charge in [-0.3, -0.25) is 4.79 Å². The smallest absolute Gasteiger partial charge is 0.251 e. The van der Waals surface area contributed by atoms with Gasteiger partial charge in [-0.2, -0.15) is 0 Å². The molecule has 1 amide bonds. The second kappa shape index (κ2) is 5.29. The Bertz CT molecular complexity index is 426. The van der Waals surface area contributed by atoms with Gasteiger partial charge in [-0.15, -0.1) is 11.6 Å². The highest BCUT2D eigenvalue weighted by molar-refractivity contribution is 9.11. The zero-order valence-electron chi connectivity index (χ0n) is 9.10. The average Bonchev–Trinajstić information content (AvgIpc) is 3.05. The Balaban J connectivity index is 1.99. The number of carbonyl (C=O) groups excluding carboxylic acids is 1. The predicted octanol–water partition coefficient (Wildman–Crippen LogP) is 3.96. The van der Waals surface area contributed by atoms with Gasteiger partial charge in [0, 0.05) is 32.3 Å². The fourth-order valence-electron chi connectivity index (χ4n) is 1.59. The average molecular weight is 381 g/mol. The lowest BCUT2D eigenvalue weighted by atomic mass is 10.1. The van der Waals surface area contributed by atoms with Gasteiger partial charge in [0.25, 0.3) is 5.91 Å². The summed E-state index contributed by atoms with van der Waals surface area (Å²) in [4.78, 5) is 11.9. The molecule has 0 aromatic heterocycles. The topological polar surface area (TPSA) is 29.1 Å². The number of hydrogen-bond donors (Lipinski definition) is 1. The lowest BCUT2D eigenvalue weighted by Crippen LogP contribution is -2.31. The van der Waals surface area contributed by atoms with Crippen molar-refractivity contribution in [3.05, 3.63) is 32.7 Å². The standard InChI is InChI=1S/C12H12Br2ClNO/c13-9-3-8(4-10(14)5-9)11(17)16-7-12(6-15)1-2-12/h3-5H,1-2,6-7H2,(H,16,17). The van der Waals surface area contributed by atoms with Crippen molar-refractivity contribution in [2.75, 3.05) is 12.4 Å². The summed E-state index contributed by atoms with van der Waals surface area (Å²) in [6.07, 6.45) is 2.22. The van der Waals surface area contributed by atoms with Crippen LogP contribution >= 0.6 is 43.5 Å². The minimum Gasteiger partial charge on any atom is -0.351 e. The van der Waals surface area contributed by atoms with E-state index in [0.717, 1.165) is 21.8 Å². The maximum absolute atomic E-state index is 11.9. The molecule has 1 aromatic rings. The molecule has 1 fully saturated rings. The van der Waals surface area contributed by atoms with Gasteiger partial charge in [-0.05, 0) is 31.0 Å². The monoisotopic (exact) mass is 379 g/mol. The van der Waals surface area contributed by atoms with E-state index >= 15 is 0 Å². The summed E-state index contributed by atoms with van der Waals surface area (Å²) in [6.45, 7) is 0.666. The van der Waals surface area contributed by atoms with E-state index in [9.17, 15) is 4.79 Å². The molecular weight excluding hydrogens is 369 g/mol. The molecule has 0 bridgehead atoms. The van der Waals surface area contributed by atoms with E-state index in [1.54, 1.807) is 12.1 Å². The number of amides is 1. The van der Waals surface area contributed by atoms with Crippen molar-refractivity contribution in [2.45, 2.75) is 12.8 Å². The van der Waals surface area contributed by atoms with Gasteiger partial charge < -0.3 is 5.32 Å². The summed E-state index contributed by atoms with van der Waals surface area (Å²) < 4.78 is 1.77. The molecule has 0 unspecified atom stereocenters. The van der Waals surface area contributed by atoms with Gasteiger partial charge in [0.15, 0.2) is 0 Å².